The third kappa shape index (κ3) is 4.65. The predicted octanol–water partition coefficient (Wildman–Crippen LogP) is 4.36. The van der Waals surface area contributed by atoms with E-state index in [0.29, 0.717) is 11.4 Å². The molecule has 0 bridgehead atoms. The molecule has 0 saturated carbocycles. The molecule has 0 radical (unpaired) electrons. The first kappa shape index (κ1) is 23.4. The van der Waals surface area contributed by atoms with Crippen molar-refractivity contribution >= 4 is 28.5 Å². The van der Waals surface area contributed by atoms with Gasteiger partial charge in [-0.05, 0) is 35.7 Å². The molecule has 3 atom stereocenters. The molecule has 31 heavy (non-hydrogen) atoms. The molecule has 3 unspecified atom stereocenters. The van der Waals surface area contributed by atoms with Crippen LogP contribution >= 0.6 is 0 Å². The third-order valence-electron chi connectivity index (χ3n) is 4.82. The second-order valence-corrected chi connectivity index (χ2v) is 8.04. The van der Waals surface area contributed by atoms with Gasteiger partial charge in [-0.3, -0.25) is 4.55 Å². The molecule has 0 fully saturated rings. The minimum absolute atomic E-state index is 0.0733. The Bertz CT molecular complexity index is 997. The van der Waals surface area contributed by atoms with E-state index in [1.54, 1.807) is 12.1 Å². The summed E-state index contributed by atoms with van der Waals surface area (Å²) >= 11 is -2.57. The Labute approximate surface area is 179 Å². The molecule has 0 aromatic heterocycles. The van der Waals surface area contributed by atoms with Crippen LogP contribution in [0.4, 0.5) is 24.5 Å². The van der Waals surface area contributed by atoms with E-state index < -0.39 is 33.4 Å². The Hall–Kier alpha value is -2.31. The molecular formula is C20H22F3N2O5S+. The molecule has 2 aromatic rings. The van der Waals surface area contributed by atoms with Crippen molar-refractivity contribution in [1.29, 1.82) is 0 Å². The van der Waals surface area contributed by atoms with Crippen LogP contribution in [-0.4, -0.2) is 39.9 Å². The minimum atomic E-state index is -4.84. The number of fused-ring (bicyclic) bond motifs is 1. The number of aliphatic imine (C=N–C) groups is 1. The smallest absolute Gasteiger partial charge is 0.406 e. The van der Waals surface area contributed by atoms with Gasteiger partial charge in [0.2, 0.25) is 6.73 Å². The van der Waals surface area contributed by atoms with Crippen LogP contribution in [0.15, 0.2) is 47.5 Å². The number of benzene rings is 2. The molecule has 0 saturated heterocycles. The van der Waals surface area contributed by atoms with Gasteiger partial charge in [-0.15, -0.1) is 17.1 Å². The van der Waals surface area contributed by atoms with E-state index in [2.05, 4.69) is 9.73 Å². The highest BCUT2D eigenvalue weighted by molar-refractivity contribution is 7.79. The molecule has 11 heteroatoms. The number of amidine groups is 1. The third-order valence-corrected chi connectivity index (χ3v) is 5.85. The first-order valence-electron chi connectivity index (χ1n) is 9.37. The van der Waals surface area contributed by atoms with Crippen molar-refractivity contribution in [3.8, 4) is 5.75 Å². The Morgan fingerprint density at radius 1 is 1.19 bits per heavy atom. The molecule has 7 nitrogen and oxygen atoms in total. The van der Waals surface area contributed by atoms with Gasteiger partial charge in [-0.2, -0.15) is 9.20 Å². The lowest BCUT2D eigenvalue weighted by atomic mass is 10.1. The maximum Gasteiger partial charge on any atom is 0.573 e. The fourth-order valence-electron chi connectivity index (χ4n) is 3.52. The predicted molar refractivity (Wildman–Crippen MR) is 110 cm³/mol. The average molecular weight is 459 g/mol. The highest BCUT2D eigenvalue weighted by atomic mass is 32.2. The number of halogens is 3. The summed E-state index contributed by atoms with van der Waals surface area (Å²) in [4.78, 5) is 4.44. The number of nitrogens with zero attached hydrogens (tertiary/aromatic N) is 2. The van der Waals surface area contributed by atoms with E-state index >= 15 is 0 Å². The summed E-state index contributed by atoms with van der Waals surface area (Å²) in [6.07, 6.45) is -4.64. The number of aliphatic hydroxyl groups excluding tert-OH is 1. The first-order valence-corrected chi connectivity index (χ1v) is 10.4. The van der Waals surface area contributed by atoms with Crippen molar-refractivity contribution in [2.45, 2.75) is 32.2 Å². The molecule has 0 aliphatic carbocycles. The maximum atomic E-state index is 12.5. The molecule has 1 aliphatic rings. The fraction of sp³-hybridized carbons (Fsp3) is 0.350. The zero-order valence-electron chi connectivity index (χ0n) is 16.8. The normalized spacial score (nSPS) is 20.2. The van der Waals surface area contributed by atoms with Crippen LogP contribution < -0.4 is 8.63 Å². The van der Waals surface area contributed by atoms with Gasteiger partial charge in [-0.1, -0.05) is 31.5 Å². The second kappa shape index (κ2) is 9.05. The van der Waals surface area contributed by atoms with Gasteiger partial charge in [-0.25, -0.2) is 0 Å². The maximum absolute atomic E-state index is 12.5. The number of hydrogen-bond acceptors (Lipinski definition) is 5. The van der Waals surface area contributed by atoms with Gasteiger partial charge < -0.3 is 14.6 Å². The quantitative estimate of drug-likeness (QED) is 0.452. The summed E-state index contributed by atoms with van der Waals surface area (Å²) < 4.78 is 68.2. The van der Waals surface area contributed by atoms with Crippen molar-refractivity contribution in [2.75, 3.05) is 13.8 Å². The van der Waals surface area contributed by atoms with Crippen LogP contribution in [0, 0.1) is 0 Å². The number of rotatable bonds is 8. The van der Waals surface area contributed by atoms with Crippen LogP contribution in [0.2, 0.25) is 0 Å². The molecule has 168 valence electrons. The average Bonchev–Trinajstić information content (AvgIpc) is 3.02. The number of ether oxygens (including phenoxy) is 2. The number of methoxy groups -OCH3 is 1. The SMILES string of the molecule is CCCc1ccc2c(c1)N=C(C(O)c1ccc(OC(F)(F)F)cc1)[N+]2(COC)S(=O)O. The zero-order chi connectivity index (χ0) is 22.8. The molecule has 0 spiro atoms. The Morgan fingerprint density at radius 2 is 1.87 bits per heavy atom. The van der Waals surface area contributed by atoms with Gasteiger partial charge >= 0.3 is 17.6 Å². The Morgan fingerprint density at radius 3 is 2.42 bits per heavy atom. The van der Waals surface area contributed by atoms with Crippen molar-refractivity contribution in [3.63, 3.8) is 0 Å². The van der Waals surface area contributed by atoms with Crippen molar-refractivity contribution in [1.82, 2.24) is 3.89 Å². The van der Waals surface area contributed by atoms with Crippen LogP contribution in [0.5, 0.6) is 5.75 Å². The summed E-state index contributed by atoms with van der Waals surface area (Å²) in [6.45, 7) is 1.74. The van der Waals surface area contributed by atoms with Gasteiger partial charge in [0, 0.05) is 13.2 Å². The van der Waals surface area contributed by atoms with Crippen molar-refractivity contribution < 1.29 is 36.5 Å². The first-order chi connectivity index (χ1) is 14.6. The summed E-state index contributed by atoms with van der Waals surface area (Å²) in [5.41, 5.74) is 1.97. The monoisotopic (exact) mass is 459 g/mol. The fourth-order valence-corrected chi connectivity index (χ4v) is 4.34. The number of aliphatic hydroxyl groups is 1. The lowest BCUT2D eigenvalue weighted by Gasteiger charge is -2.30. The standard InChI is InChI=1S/C20H21F3N2O5S/c1-3-4-13-5-10-17-16(11-13)24-19(25(17,12-29-2)31(27)28)18(26)14-6-8-15(9-7-14)30-20(21,22)23/h5-11,18,26H,3-4,12H2,1-2H3/p+1. The van der Waals surface area contributed by atoms with Crippen LogP contribution in [0.1, 0.15) is 30.6 Å². The lowest BCUT2D eigenvalue weighted by Crippen LogP contribution is -2.56. The summed E-state index contributed by atoms with van der Waals surface area (Å²) in [7, 11) is 1.35. The zero-order valence-corrected chi connectivity index (χ0v) is 17.6. The highest BCUT2D eigenvalue weighted by Crippen LogP contribution is 2.45. The van der Waals surface area contributed by atoms with E-state index in [9.17, 15) is 27.0 Å². The Kier molecular flexibility index (Phi) is 6.82. The van der Waals surface area contributed by atoms with E-state index in [1.165, 1.54) is 19.2 Å². The van der Waals surface area contributed by atoms with Crippen molar-refractivity contribution in [2.24, 2.45) is 4.99 Å². The number of aryl methyl sites for hydroxylation is 1. The molecular weight excluding hydrogens is 437 g/mol. The van der Waals surface area contributed by atoms with E-state index in [-0.39, 0.29) is 18.1 Å². The molecule has 2 aromatic carbocycles. The molecule has 3 rings (SSSR count). The van der Waals surface area contributed by atoms with Crippen LogP contribution in [-0.2, 0) is 22.4 Å². The molecule has 2 N–H and O–H groups in total. The minimum Gasteiger partial charge on any atom is -0.406 e. The summed E-state index contributed by atoms with van der Waals surface area (Å²) in [5, 5.41) is 11.0. The largest absolute Gasteiger partial charge is 0.573 e. The topological polar surface area (TPSA) is 88.4 Å². The van der Waals surface area contributed by atoms with Gasteiger partial charge in [0.15, 0.2) is 11.8 Å². The van der Waals surface area contributed by atoms with Gasteiger partial charge in [0.05, 0.1) is 0 Å². The molecule has 1 aliphatic heterocycles. The highest BCUT2D eigenvalue weighted by Gasteiger charge is 2.53. The number of hydrogen-bond donors (Lipinski definition) is 2. The number of alkyl halides is 3. The van der Waals surface area contributed by atoms with E-state index in [4.69, 9.17) is 4.74 Å². The van der Waals surface area contributed by atoms with Gasteiger partial charge in [0.1, 0.15) is 11.4 Å². The lowest BCUT2D eigenvalue weighted by molar-refractivity contribution is -0.274. The summed E-state index contributed by atoms with van der Waals surface area (Å²) in [6, 6.07) is 9.87. The van der Waals surface area contributed by atoms with Crippen LogP contribution in [0.3, 0.4) is 0 Å². The van der Waals surface area contributed by atoms with Crippen LogP contribution in [0.25, 0.3) is 0 Å². The molecule has 0 amide bonds. The summed E-state index contributed by atoms with van der Waals surface area (Å²) in [5.74, 6) is -0.525. The van der Waals surface area contributed by atoms with E-state index in [1.807, 2.05) is 13.0 Å². The second-order valence-electron chi connectivity index (χ2n) is 6.95. The number of quaternary nitrogens is 1. The Balaban J connectivity index is 2.04. The van der Waals surface area contributed by atoms with E-state index in [0.717, 1.165) is 30.5 Å². The molecule has 1 heterocycles. The van der Waals surface area contributed by atoms with Crippen molar-refractivity contribution in [3.05, 3.63) is 53.6 Å². The van der Waals surface area contributed by atoms with Gasteiger partial charge in [0.25, 0.3) is 5.84 Å².